The molecule has 1 N–H and O–H groups in total. The van der Waals surface area contributed by atoms with E-state index in [-0.39, 0.29) is 6.04 Å². The van der Waals surface area contributed by atoms with Gasteiger partial charge in [0, 0.05) is 29.2 Å². The van der Waals surface area contributed by atoms with Gasteiger partial charge in [0.25, 0.3) is 11.2 Å². The molecule has 0 spiro atoms. The number of anilines is 3. The minimum Gasteiger partial charge on any atom is -0.465 e. The molecule has 0 aliphatic heterocycles. The molecule has 0 aliphatic carbocycles. The number of aromatic nitrogens is 1. The third-order valence-corrected chi connectivity index (χ3v) is 4.99. The van der Waals surface area contributed by atoms with Gasteiger partial charge in [-0.25, -0.2) is 4.79 Å². The number of methoxy groups -OCH3 is 1. The summed E-state index contributed by atoms with van der Waals surface area (Å²) in [5, 5.41) is 14.5. The summed E-state index contributed by atoms with van der Waals surface area (Å²) in [5.74, 6) is -1.49. The number of hydrogen-bond acceptors (Lipinski definition) is 7. The lowest BCUT2D eigenvalue weighted by atomic mass is 10.2. The van der Waals surface area contributed by atoms with Crippen LogP contribution in [0.15, 0.2) is 71.7 Å². The Balaban J connectivity index is 1.88. The first kappa shape index (κ1) is 24.2. The second-order valence-electron chi connectivity index (χ2n) is 7.69. The standard InChI is InChI=1S/C24H24N4O6/c1-16(2)27(19-11-9-18(10-12-19)25-17-7-5-4-6-8-17)22(29)15-26-14-20(28(32)33)13-21(23(26)30)24(31)34-3/h4-14,16,25H,15H2,1-3H3. The van der Waals surface area contributed by atoms with Gasteiger partial charge in [-0.2, -0.15) is 0 Å². The molecule has 34 heavy (non-hydrogen) atoms. The van der Waals surface area contributed by atoms with Crippen molar-refractivity contribution in [2.45, 2.75) is 26.4 Å². The number of para-hydroxylation sites is 1. The maximum Gasteiger partial charge on any atom is 0.343 e. The van der Waals surface area contributed by atoms with Gasteiger partial charge in [-0.3, -0.25) is 24.3 Å². The van der Waals surface area contributed by atoms with E-state index in [9.17, 15) is 24.5 Å². The molecule has 0 atom stereocenters. The number of nitrogens with zero attached hydrogens (tertiary/aromatic N) is 3. The Morgan fingerprint density at radius 1 is 1.09 bits per heavy atom. The van der Waals surface area contributed by atoms with Gasteiger partial charge < -0.3 is 15.0 Å². The van der Waals surface area contributed by atoms with Gasteiger partial charge in [0.05, 0.1) is 18.2 Å². The molecule has 3 aromatic rings. The van der Waals surface area contributed by atoms with E-state index in [0.717, 1.165) is 35.3 Å². The number of benzene rings is 2. The molecule has 0 saturated carbocycles. The fourth-order valence-electron chi connectivity index (χ4n) is 3.44. The number of pyridine rings is 1. The Morgan fingerprint density at radius 3 is 2.26 bits per heavy atom. The SMILES string of the molecule is COC(=O)c1cc([N+](=O)[O-])cn(CC(=O)N(c2ccc(Nc3ccccc3)cc2)C(C)C)c1=O. The van der Waals surface area contributed by atoms with E-state index in [1.165, 1.54) is 4.90 Å². The van der Waals surface area contributed by atoms with Crippen molar-refractivity contribution in [1.82, 2.24) is 4.57 Å². The lowest BCUT2D eigenvalue weighted by molar-refractivity contribution is -0.385. The lowest BCUT2D eigenvalue weighted by Gasteiger charge is -2.27. The normalized spacial score (nSPS) is 10.6. The molecule has 1 aromatic heterocycles. The van der Waals surface area contributed by atoms with Crippen molar-refractivity contribution in [2.24, 2.45) is 0 Å². The summed E-state index contributed by atoms with van der Waals surface area (Å²) in [4.78, 5) is 49.8. The average Bonchev–Trinajstić information content (AvgIpc) is 2.81. The fraction of sp³-hybridized carbons (Fsp3) is 0.208. The van der Waals surface area contributed by atoms with Gasteiger partial charge in [-0.15, -0.1) is 0 Å². The van der Waals surface area contributed by atoms with E-state index in [2.05, 4.69) is 10.1 Å². The summed E-state index contributed by atoms with van der Waals surface area (Å²) in [7, 11) is 1.06. The third kappa shape index (κ3) is 5.47. The summed E-state index contributed by atoms with van der Waals surface area (Å²) in [6.45, 7) is 3.13. The smallest absolute Gasteiger partial charge is 0.343 e. The monoisotopic (exact) mass is 464 g/mol. The Labute approximate surface area is 195 Å². The number of carbonyl (C=O) groups excluding carboxylic acids is 2. The minimum atomic E-state index is -1.02. The molecule has 0 aliphatic rings. The highest BCUT2D eigenvalue weighted by atomic mass is 16.6. The van der Waals surface area contributed by atoms with Crippen LogP contribution in [0.4, 0.5) is 22.7 Å². The molecular formula is C24H24N4O6. The summed E-state index contributed by atoms with van der Waals surface area (Å²) in [5.41, 5.74) is 0.460. The van der Waals surface area contributed by atoms with Crippen LogP contribution >= 0.6 is 0 Å². The maximum absolute atomic E-state index is 13.2. The van der Waals surface area contributed by atoms with Crippen molar-refractivity contribution >= 4 is 34.6 Å². The molecule has 0 fully saturated rings. The Bertz CT molecular complexity index is 1250. The number of carbonyl (C=O) groups is 2. The van der Waals surface area contributed by atoms with Crippen molar-refractivity contribution in [1.29, 1.82) is 0 Å². The average molecular weight is 464 g/mol. The number of esters is 1. The van der Waals surface area contributed by atoms with Crippen LogP contribution in [0.25, 0.3) is 0 Å². The predicted molar refractivity (Wildman–Crippen MR) is 127 cm³/mol. The van der Waals surface area contributed by atoms with Gasteiger partial charge in [0.2, 0.25) is 5.91 Å². The third-order valence-electron chi connectivity index (χ3n) is 4.99. The molecule has 10 heteroatoms. The highest BCUT2D eigenvalue weighted by Gasteiger charge is 2.24. The summed E-state index contributed by atoms with van der Waals surface area (Å²) in [6.07, 6.45) is 0.943. The number of nitro groups is 1. The first-order chi connectivity index (χ1) is 16.2. The molecule has 10 nitrogen and oxygen atoms in total. The van der Waals surface area contributed by atoms with Crippen molar-refractivity contribution < 1.29 is 19.2 Å². The quantitative estimate of drug-likeness (QED) is 0.306. The molecule has 1 heterocycles. The van der Waals surface area contributed by atoms with Gasteiger partial charge in [-0.05, 0) is 50.2 Å². The van der Waals surface area contributed by atoms with E-state index < -0.39 is 40.2 Å². The van der Waals surface area contributed by atoms with Crippen molar-refractivity contribution in [3.8, 4) is 0 Å². The predicted octanol–water partition coefficient (Wildman–Crippen LogP) is 3.73. The first-order valence-corrected chi connectivity index (χ1v) is 10.4. The fourth-order valence-corrected chi connectivity index (χ4v) is 3.44. The molecule has 0 radical (unpaired) electrons. The Kier molecular flexibility index (Phi) is 7.42. The number of amides is 1. The molecular weight excluding hydrogens is 440 g/mol. The van der Waals surface area contributed by atoms with Crippen LogP contribution in [-0.2, 0) is 16.1 Å². The van der Waals surface area contributed by atoms with E-state index in [0.29, 0.717) is 5.69 Å². The molecule has 0 unspecified atom stereocenters. The number of ether oxygens (including phenoxy) is 1. The molecule has 3 rings (SSSR count). The van der Waals surface area contributed by atoms with Crippen molar-refractivity contribution in [3.63, 3.8) is 0 Å². The topological polar surface area (TPSA) is 124 Å². The van der Waals surface area contributed by atoms with Gasteiger partial charge in [0.15, 0.2) is 0 Å². The van der Waals surface area contributed by atoms with Crippen molar-refractivity contribution in [2.75, 3.05) is 17.3 Å². The van der Waals surface area contributed by atoms with Gasteiger partial charge in [-0.1, -0.05) is 18.2 Å². The number of hydrogen-bond donors (Lipinski definition) is 1. The van der Waals surface area contributed by atoms with Crippen LogP contribution < -0.4 is 15.8 Å². The molecule has 0 saturated heterocycles. The van der Waals surface area contributed by atoms with E-state index in [4.69, 9.17) is 0 Å². The van der Waals surface area contributed by atoms with Crippen LogP contribution in [-0.4, -0.2) is 34.5 Å². The van der Waals surface area contributed by atoms with E-state index in [1.54, 1.807) is 12.1 Å². The van der Waals surface area contributed by atoms with Crippen LogP contribution in [0.3, 0.4) is 0 Å². The van der Waals surface area contributed by atoms with E-state index >= 15 is 0 Å². The second kappa shape index (κ2) is 10.4. The second-order valence-corrected chi connectivity index (χ2v) is 7.69. The zero-order valence-corrected chi connectivity index (χ0v) is 18.9. The zero-order chi connectivity index (χ0) is 24.8. The van der Waals surface area contributed by atoms with Crippen molar-refractivity contribution in [3.05, 3.63) is 92.9 Å². The molecule has 176 valence electrons. The van der Waals surface area contributed by atoms with Gasteiger partial charge in [0.1, 0.15) is 12.1 Å². The first-order valence-electron chi connectivity index (χ1n) is 10.4. The highest BCUT2D eigenvalue weighted by Crippen LogP contribution is 2.23. The van der Waals surface area contributed by atoms with Crippen LogP contribution in [0.5, 0.6) is 0 Å². The zero-order valence-electron chi connectivity index (χ0n) is 18.9. The van der Waals surface area contributed by atoms with Crippen LogP contribution in [0.1, 0.15) is 24.2 Å². The molecule has 0 bridgehead atoms. The summed E-state index contributed by atoms with van der Waals surface area (Å²) >= 11 is 0. The highest BCUT2D eigenvalue weighted by molar-refractivity contribution is 5.94. The van der Waals surface area contributed by atoms with Crippen LogP contribution in [0, 0.1) is 10.1 Å². The minimum absolute atomic E-state index is 0.269. The van der Waals surface area contributed by atoms with Gasteiger partial charge >= 0.3 is 5.97 Å². The van der Waals surface area contributed by atoms with Crippen LogP contribution in [0.2, 0.25) is 0 Å². The Morgan fingerprint density at radius 2 is 1.71 bits per heavy atom. The molecule has 2 aromatic carbocycles. The number of rotatable bonds is 8. The summed E-state index contributed by atoms with van der Waals surface area (Å²) in [6, 6.07) is 17.3. The van der Waals surface area contributed by atoms with E-state index in [1.807, 2.05) is 56.3 Å². The number of nitrogens with one attached hydrogen (secondary N) is 1. The Hall–Kier alpha value is -4.47. The summed E-state index contributed by atoms with van der Waals surface area (Å²) < 4.78 is 5.40. The maximum atomic E-state index is 13.2. The molecule has 1 amide bonds. The largest absolute Gasteiger partial charge is 0.465 e. The lowest BCUT2D eigenvalue weighted by Crippen LogP contribution is -2.41.